The van der Waals surface area contributed by atoms with Crippen LogP contribution in [0.5, 0.6) is 0 Å². The van der Waals surface area contributed by atoms with Crippen LogP contribution in [0.25, 0.3) is 0 Å². The van der Waals surface area contributed by atoms with Gasteiger partial charge in [-0.3, -0.25) is 9.88 Å². The van der Waals surface area contributed by atoms with Crippen molar-refractivity contribution in [2.45, 2.75) is 37.4 Å². The zero-order valence-corrected chi connectivity index (χ0v) is 11.4. The fourth-order valence-corrected chi connectivity index (χ4v) is 3.80. The van der Waals surface area contributed by atoms with Crippen LogP contribution in [0.1, 0.15) is 25.1 Å². The quantitative estimate of drug-likeness (QED) is 0.890. The third-order valence-electron chi connectivity index (χ3n) is 2.99. The average Bonchev–Trinajstić information content (AvgIpc) is 2.28. The van der Waals surface area contributed by atoms with Gasteiger partial charge < -0.3 is 5.73 Å². The van der Waals surface area contributed by atoms with Gasteiger partial charge >= 0.3 is 0 Å². The molecule has 17 heavy (non-hydrogen) atoms. The van der Waals surface area contributed by atoms with Crippen molar-refractivity contribution >= 4 is 11.8 Å². The first kappa shape index (κ1) is 12.9. The lowest BCUT2D eigenvalue weighted by Crippen LogP contribution is -2.39. The van der Waals surface area contributed by atoms with Gasteiger partial charge in [-0.1, -0.05) is 13.8 Å². The van der Waals surface area contributed by atoms with E-state index in [9.17, 15) is 0 Å². The summed E-state index contributed by atoms with van der Waals surface area (Å²) in [6.07, 6.45) is 1.86. The summed E-state index contributed by atoms with van der Waals surface area (Å²) in [6.45, 7) is 8.52. The second-order valence-corrected chi connectivity index (χ2v) is 6.69. The summed E-state index contributed by atoms with van der Waals surface area (Å²) in [5, 5.41) is 1.46. The van der Waals surface area contributed by atoms with E-state index in [4.69, 9.17) is 5.73 Å². The van der Waals surface area contributed by atoms with E-state index in [-0.39, 0.29) is 0 Å². The Kier molecular flexibility index (Phi) is 4.42. The van der Waals surface area contributed by atoms with E-state index in [0.717, 1.165) is 22.7 Å². The molecule has 1 aromatic heterocycles. The number of rotatable bonds is 3. The normalized spacial score (nSPS) is 26.1. The van der Waals surface area contributed by atoms with Crippen LogP contribution in [0.4, 0.5) is 0 Å². The third kappa shape index (κ3) is 3.69. The molecule has 0 amide bonds. The molecule has 1 aliphatic heterocycles. The summed E-state index contributed by atoms with van der Waals surface area (Å²) in [5.74, 6) is 0. The van der Waals surface area contributed by atoms with Gasteiger partial charge in [0.1, 0.15) is 0 Å². The van der Waals surface area contributed by atoms with Crippen LogP contribution in [0.15, 0.2) is 18.3 Å². The van der Waals surface area contributed by atoms with Gasteiger partial charge in [0.05, 0.1) is 5.69 Å². The van der Waals surface area contributed by atoms with Crippen LogP contribution in [0.2, 0.25) is 0 Å². The van der Waals surface area contributed by atoms with Crippen LogP contribution in [0.3, 0.4) is 0 Å². The Bertz CT molecular complexity index is 359. The van der Waals surface area contributed by atoms with Crippen molar-refractivity contribution in [3.63, 3.8) is 0 Å². The Morgan fingerprint density at radius 1 is 1.41 bits per heavy atom. The van der Waals surface area contributed by atoms with Gasteiger partial charge in [0.25, 0.3) is 0 Å². The van der Waals surface area contributed by atoms with Crippen LogP contribution < -0.4 is 5.73 Å². The molecule has 2 rings (SSSR count). The van der Waals surface area contributed by atoms with E-state index in [0.29, 0.717) is 6.54 Å². The molecule has 1 aromatic rings. The highest BCUT2D eigenvalue weighted by molar-refractivity contribution is 8.00. The molecule has 0 saturated carbocycles. The summed E-state index contributed by atoms with van der Waals surface area (Å²) in [4.78, 5) is 6.76. The fourth-order valence-electron chi connectivity index (χ4n) is 2.41. The molecule has 2 heterocycles. The first-order chi connectivity index (χ1) is 8.17. The zero-order valence-electron chi connectivity index (χ0n) is 10.6. The zero-order chi connectivity index (χ0) is 12.3. The molecule has 0 aliphatic carbocycles. The number of nitrogens with two attached hydrogens (primary N) is 1. The Morgan fingerprint density at radius 2 is 2.12 bits per heavy atom. The predicted octanol–water partition coefficient (Wildman–Crippen LogP) is 1.87. The molecule has 0 radical (unpaired) electrons. The van der Waals surface area contributed by atoms with Crippen LogP contribution in [0, 0.1) is 0 Å². The fraction of sp³-hybridized carbons (Fsp3) is 0.615. The Balaban J connectivity index is 1.99. The second kappa shape index (κ2) is 5.85. The summed E-state index contributed by atoms with van der Waals surface area (Å²) >= 11 is 2.09. The predicted molar refractivity (Wildman–Crippen MR) is 73.9 cm³/mol. The molecule has 94 valence electrons. The minimum Gasteiger partial charge on any atom is -0.325 e. The van der Waals surface area contributed by atoms with Crippen LogP contribution >= 0.6 is 11.8 Å². The van der Waals surface area contributed by atoms with Gasteiger partial charge in [-0.2, -0.15) is 11.8 Å². The molecule has 4 heteroatoms. The monoisotopic (exact) mass is 251 g/mol. The first-order valence-corrected chi connectivity index (χ1v) is 7.13. The van der Waals surface area contributed by atoms with Gasteiger partial charge in [-0.05, 0) is 17.7 Å². The van der Waals surface area contributed by atoms with Gasteiger partial charge in [0.2, 0.25) is 0 Å². The maximum Gasteiger partial charge on any atom is 0.0542 e. The first-order valence-electron chi connectivity index (χ1n) is 6.19. The summed E-state index contributed by atoms with van der Waals surface area (Å²) in [5.41, 5.74) is 7.92. The van der Waals surface area contributed by atoms with Crippen molar-refractivity contribution in [2.75, 3.05) is 13.1 Å². The van der Waals surface area contributed by atoms with Gasteiger partial charge in [0, 0.05) is 42.9 Å². The lowest BCUT2D eigenvalue weighted by Gasteiger charge is -2.34. The minimum absolute atomic E-state index is 0.524. The van der Waals surface area contributed by atoms with Crippen molar-refractivity contribution in [2.24, 2.45) is 5.73 Å². The number of thioether (sulfide) groups is 1. The molecule has 0 aromatic carbocycles. The topological polar surface area (TPSA) is 42.2 Å². The Morgan fingerprint density at radius 3 is 2.76 bits per heavy atom. The lowest BCUT2D eigenvalue weighted by molar-refractivity contribution is 0.262. The summed E-state index contributed by atoms with van der Waals surface area (Å²) in [6, 6.07) is 4.22. The minimum atomic E-state index is 0.524. The van der Waals surface area contributed by atoms with E-state index in [1.165, 1.54) is 18.7 Å². The molecule has 2 atom stereocenters. The van der Waals surface area contributed by atoms with Crippen molar-refractivity contribution in [3.05, 3.63) is 29.6 Å². The Hall–Kier alpha value is -0.580. The number of aromatic nitrogens is 1. The number of nitrogens with zero attached hydrogens (tertiary/aromatic N) is 2. The SMILES string of the molecule is CC1CN(Cc2ccnc(CN)c2)CC(C)S1. The van der Waals surface area contributed by atoms with E-state index in [1.807, 2.05) is 6.20 Å². The van der Waals surface area contributed by atoms with E-state index in [1.54, 1.807) is 0 Å². The van der Waals surface area contributed by atoms with Crippen LogP contribution in [-0.4, -0.2) is 33.5 Å². The van der Waals surface area contributed by atoms with Gasteiger partial charge in [-0.15, -0.1) is 0 Å². The molecule has 1 fully saturated rings. The standard InChI is InChI=1S/C13H21N3S/c1-10-7-16(8-11(2)17-10)9-12-3-4-15-13(5-12)6-14/h3-5,10-11H,6-9,14H2,1-2H3. The van der Waals surface area contributed by atoms with Crippen molar-refractivity contribution < 1.29 is 0 Å². The van der Waals surface area contributed by atoms with Crippen LogP contribution in [-0.2, 0) is 13.1 Å². The van der Waals surface area contributed by atoms with Crippen molar-refractivity contribution in [3.8, 4) is 0 Å². The lowest BCUT2D eigenvalue weighted by atomic mass is 10.2. The summed E-state index contributed by atoms with van der Waals surface area (Å²) in [7, 11) is 0. The molecule has 0 bridgehead atoms. The summed E-state index contributed by atoms with van der Waals surface area (Å²) < 4.78 is 0. The molecule has 1 saturated heterocycles. The molecule has 0 spiro atoms. The molecule has 1 aliphatic rings. The molecule has 2 N–H and O–H groups in total. The van der Waals surface area contributed by atoms with Crippen molar-refractivity contribution in [1.29, 1.82) is 0 Å². The third-order valence-corrected chi connectivity index (χ3v) is 4.22. The second-order valence-electron chi connectivity index (χ2n) is 4.81. The molecule has 3 nitrogen and oxygen atoms in total. The number of pyridine rings is 1. The van der Waals surface area contributed by atoms with Gasteiger partial charge in [0.15, 0.2) is 0 Å². The van der Waals surface area contributed by atoms with Crippen molar-refractivity contribution in [1.82, 2.24) is 9.88 Å². The number of hydrogen-bond acceptors (Lipinski definition) is 4. The Labute approximate surface area is 108 Å². The highest BCUT2D eigenvalue weighted by Gasteiger charge is 2.22. The van der Waals surface area contributed by atoms with E-state index < -0.39 is 0 Å². The van der Waals surface area contributed by atoms with Gasteiger partial charge in [-0.25, -0.2) is 0 Å². The maximum atomic E-state index is 5.62. The van der Waals surface area contributed by atoms with E-state index >= 15 is 0 Å². The highest BCUT2D eigenvalue weighted by atomic mass is 32.2. The largest absolute Gasteiger partial charge is 0.325 e. The maximum absolute atomic E-state index is 5.62. The smallest absolute Gasteiger partial charge is 0.0542 e. The number of hydrogen-bond donors (Lipinski definition) is 1. The average molecular weight is 251 g/mol. The molecular formula is C13H21N3S. The molecular weight excluding hydrogens is 230 g/mol. The highest BCUT2D eigenvalue weighted by Crippen LogP contribution is 2.25. The van der Waals surface area contributed by atoms with E-state index in [2.05, 4.69) is 47.6 Å². The molecule has 2 unspecified atom stereocenters.